The van der Waals surface area contributed by atoms with E-state index < -0.39 is 11.9 Å². The molecule has 2 N–H and O–H groups in total. The Labute approximate surface area is 199 Å². The van der Waals surface area contributed by atoms with Gasteiger partial charge in [0.15, 0.2) is 11.5 Å². The van der Waals surface area contributed by atoms with Gasteiger partial charge in [-0.05, 0) is 53.3 Å². The maximum Gasteiger partial charge on any atom is 0.305 e. The molecule has 0 amide bonds. The molecule has 0 aliphatic heterocycles. The molecule has 3 rings (SSSR count). The van der Waals surface area contributed by atoms with Crippen LogP contribution in [-0.2, 0) is 11.4 Å². The first-order chi connectivity index (χ1) is 16.4. The number of nitrogens with one attached hydrogen (secondary N) is 1. The van der Waals surface area contributed by atoms with Crippen LogP contribution in [0.3, 0.4) is 0 Å². The molecule has 7 nitrogen and oxygen atoms in total. The van der Waals surface area contributed by atoms with Crippen molar-refractivity contribution < 1.29 is 24.1 Å². The van der Waals surface area contributed by atoms with Crippen molar-refractivity contribution in [3.8, 4) is 23.3 Å². The van der Waals surface area contributed by atoms with Crippen molar-refractivity contribution in [3.05, 3.63) is 77.4 Å². The lowest BCUT2D eigenvalue weighted by Crippen LogP contribution is -2.16. The number of carbonyl (C=O) groups is 1. The topological polar surface area (TPSA) is 113 Å². The van der Waals surface area contributed by atoms with E-state index in [4.69, 9.17) is 24.7 Å². The second kappa shape index (κ2) is 11.7. The van der Waals surface area contributed by atoms with Crippen LogP contribution in [0.2, 0.25) is 0 Å². The van der Waals surface area contributed by atoms with E-state index in [-0.39, 0.29) is 13.0 Å². The maximum absolute atomic E-state index is 10.9. The number of rotatable bonds is 11. The number of carboxylic acids is 1. The van der Waals surface area contributed by atoms with Crippen LogP contribution in [0.15, 0.2) is 66.3 Å². The first-order valence-electron chi connectivity index (χ1n) is 11.0. The highest BCUT2D eigenvalue weighted by Gasteiger charge is 2.15. The zero-order valence-corrected chi connectivity index (χ0v) is 19.3. The van der Waals surface area contributed by atoms with Gasteiger partial charge >= 0.3 is 5.97 Å². The summed E-state index contributed by atoms with van der Waals surface area (Å²) in [6.45, 7) is 2.58. The maximum atomic E-state index is 10.9. The molecule has 0 saturated heterocycles. The van der Waals surface area contributed by atoms with E-state index in [0.29, 0.717) is 41.0 Å². The van der Waals surface area contributed by atoms with E-state index in [2.05, 4.69) is 13.0 Å². The fourth-order valence-electron chi connectivity index (χ4n) is 3.61. The van der Waals surface area contributed by atoms with Gasteiger partial charge < -0.3 is 24.7 Å². The highest BCUT2D eigenvalue weighted by Crippen LogP contribution is 2.29. The Bertz CT molecular complexity index is 1130. The van der Waals surface area contributed by atoms with Crippen LogP contribution in [0, 0.1) is 22.7 Å². The van der Waals surface area contributed by atoms with Crippen molar-refractivity contribution in [2.24, 2.45) is 5.92 Å². The van der Waals surface area contributed by atoms with E-state index in [1.165, 1.54) is 0 Å². The second-order valence-electron chi connectivity index (χ2n) is 8.15. The van der Waals surface area contributed by atoms with Crippen molar-refractivity contribution in [3.63, 3.8) is 0 Å². The van der Waals surface area contributed by atoms with E-state index in [0.717, 1.165) is 17.6 Å². The van der Waals surface area contributed by atoms with E-state index in [1.54, 1.807) is 37.4 Å². The molecular weight excluding hydrogens is 432 g/mol. The summed E-state index contributed by atoms with van der Waals surface area (Å²) < 4.78 is 17.1. The lowest BCUT2D eigenvalue weighted by molar-refractivity contribution is -0.137. The van der Waals surface area contributed by atoms with Crippen molar-refractivity contribution >= 4 is 11.7 Å². The first-order valence-corrected chi connectivity index (χ1v) is 11.0. The zero-order chi connectivity index (χ0) is 24.5. The Kier molecular flexibility index (Phi) is 8.47. The lowest BCUT2D eigenvalue weighted by atomic mass is 9.93. The van der Waals surface area contributed by atoms with Crippen molar-refractivity contribution in [2.45, 2.75) is 32.3 Å². The molecule has 34 heavy (non-hydrogen) atoms. The molecule has 2 unspecified atom stereocenters. The van der Waals surface area contributed by atoms with Gasteiger partial charge in [0.2, 0.25) is 0 Å². The van der Waals surface area contributed by atoms with Gasteiger partial charge in [-0.1, -0.05) is 43.4 Å². The van der Waals surface area contributed by atoms with Crippen LogP contribution in [0.4, 0.5) is 0 Å². The van der Waals surface area contributed by atoms with Crippen LogP contribution >= 0.6 is 0 Å². The molecule has 0 fully saturated rings. The molecule has 0 bridgehead atoms. The molecular formula is C27H28N2O5. The molecule has 0 aromatic heterocycles. The number of aliphatic carboxylic acids is 1. The summed E-state index contributed by atoms with van der Waals surface area (Å²) in [5, 5.41) is 26.4. The second-order valence-corrected chi connectivity index (χ2v) is 8.15. The molecule has 0 saturated carbocycles. The molecule has 1 aliphatic carbocycles. The largest absolute Gasteiger partial charge is 0.493 e. The molecule has 2 atom stereocenters. The highest BCUT2D eigenvalue weighted by atomic mass is 16.5. The van der Waals surface area contributed by atoms with Gasteiger partial charge in [0.25, 0.3) is 0 Å². The Balaban J connectivity index is 1.57. The normalized spacial score (nSPS) is 15.6. The van der Waals surface area contributed by atoms with Gasteiger partial charge in [-0.2, -0.15) is 5.26 Å². The molecule has 176 valence electrons. The van der Waals surface area contributed by atoms with Gasteiger partial charge in [-0.3, -0.25) is 4.79 Å². The Morgan fingerprint density at radius 1 is 1.21 bits per heavy atom. The average Bonchev–Trinajstić information content (AvgIpc) is 2.85. The minimum atomic E-state index is -1.01. The molecule has 7 heteroatoms. The van der Waals surface area contributed by atoms with Crippen LogP contribution in [0.5, 0.6) is 17.2 Å². The van der Waals surface area contributed by atoms with Crippen molar-refractivity contribution in [1.82, 2.24) is 0 Å². The van der Waals surface area contributed by atoms with Crippen LogP contribution in [0.1, 0.15) is 36.8 Å². The van der Waals surface area contributed by atoms with Crippen LogP contribution in [0.25, 0.3) is 0 Å². The molecule has 2 aromatic rings. The standard InChI is InChI=1S/C27H28N2O5/c1-18-4-3-5-21(12-18)24(29)17-34-25-11-6-19(13-26(25)32-2)16-33-23-9-7-20(8-10-23)22(15-28)14-27(30)31/h3-11,13,18,22,29H,12,14,16-17H2,1-2H3,(H,30,31). The number of benzene rings is 2. The quantitative estimate of drug-likeness (QED) is 0.441. The summed E-state index contributed by atoms with van der Waals surface area (Å²) in [5.74, 6) is 0.430. The Hall–Kier alpha value is -4.05. The first kappa shape index (κ1) is 24.6. The smallest absolute Gasteiger partial charge is 0.305 e. The van der Waals surface area contributed by atoms with Crippen molar-refractivity contribution in [1.29, 1.82) is 10.7 Å². The van der Waals surface area contributed by atoms with Crippen LogP contribution in [-0.4, -0.2) is 30.5 Å². The number of carboxylic acid groups (broad SMARTS) is 1. The van der Waals surface area contributed by atoms with Crippen molar-refractivity contribution in [2.75, 3.05) is 13.7 Å². The number of hydrogen-bond acceptors (Lipinski definition) is 6. The van der Waals surface area contributed by atoms with E-state index in [9.17, 15) is 10.1 Å². The number of hydrogen-bond donors (Lipinski definition) is 2. The van der Waals surface area contributed by atoms with Crippen LogP contribution < -0.4 is 14.2 Å². The molecule has 0 heterocycles. The van der Waals surface area contributed by atoms with Gasteiger partial charge in [0, 0.05) is 0 Å². The summed E-state index contributed by atoms with van der Waals surface area (Å²) in [5.41, 5.74) is 2.95. The molecule has 2 aromatic carbocycles. The summed E-state index contributed by atoms with van der Waals surface area (Å²) in [7, 11) is 1.57. The fourth-order valence-corrected chi connectivity index (χ4v) is 3.61. The minimum Gasteiger partial charge on any atom is -0.493 e. The number of methoxy groups -OCH3 is 1. The van der Waals surface area contributed by atoms with Gasteiger partial charge in [-0.15, -0.1) is 0 Å². The third-order valence-electron chi connectivity index (χ3n) is 5.49. The predicted molar refractivity (Wildman–Crippen MR) is 129 cm³/mol. The number of nitrogens with zero attached hydrogens (tertiary/aromatic N) is 1. The SMILES string of the molecule is COc1cc(COc2ccc(C(C#N)CC(=O)O)cc2)ccc1OCC(=N)C1=CC=CC(C)C1. The molecule has 0 radical (unpaired) electrons. The Morgan fingerprint density at radius 3 is 2.62 bits per heavy atom. The van der Waals surface area contributed by atoms with Gasteiger partial charge in [0.05, 0.1) is 31.2 Å². The summed E-state index contributed by atoms with van der Waals surface area (Å²) in [6.07, 6.45) is 6.67. The van der Waals surface area contributed by atoms with Gasteiger partial charge in [-0.25, -0.2) is 0 Å². The van der Waals surface area contributed by atoms with E-state index >= 15 is 0 Å². The monoisotopic (exact) mass is 460 g/mol. The average molecular weight is 461 g/mol. The highest BCUT2D eigenvalue weighted by molar-refractivity contribution is 5.99. The number of nitriles is 1. The predicted octanol–water partition coefficient (Wildman–Crippen LogP) is 5.28. The number of allylic oxidation sites excluding steroid dienone is 3. The summed E-state index contributed by atoms with van der Waals surface area (Å²) in [6, 6.07) is 14.4. The third kappa shape index (κ3) is 6.72. The lowest BCUT2D eigenvalue weighted by Gasteiger charge is -2.17. The van der Waals surface area contributed by atoms with E-state index in [1.807, 2.05) is 30.4 Å². The summed E-state index contributed by atoms with van der Waals surface area (Å²) in [4.78, 5) is 10.9. The number of ether oxygens (including phenoxy) is 3. The van der Waals surface area contributed by atoms with Gasteiger partial charge in [0.1, 0.15) is 19.0 Å². The zero-order valence-electron chi connectivity index (χ0n) is 19.3. The third-order valence-corrected chi connectivity index (χ3v) is 5.49. The minimum absolute atomic E-state index is 0.163. The molecule has 1 aliphatic rings. The Morgan fingerprint density at radius 2 is 1.97 bits per heavy atom. The fraction of sp³-hybridized carbons (Fsp3) is 0.296. The summed E-state index contributed by atoms with van der Waals surface area (Å²) >= 11 is 0. The molecule has 0 spiro atoms.